The summed E-state index contributed by atoms with van der Waals surface area (Å²) >= 11 is 0. The Labute approximate surface area is 278 Å². The van der Waals surface area contributed by atoms with Crippen molar-refractivity contribution in [2.75, 3.05) is 58.4 Å². The Kier molecular flexibility index (Phi) is 11.3. The first-order valence-electron chi connectivity index (χ1n) is 16.2. The van der Waals surface area contributed by atoms with Gasteiger partial charge in [-0.1, -0.05) is 18.2 Å². The third-order valence-electron chi connectivity index (χ3n) is 8.92. The van der Waals surface area contributed by atoms with E-state index in [0.29, 0.717) is 99.2 Å². The van der Waals surface area contributed by atoms with Gasteiger partial charge >= 0.3 is 0 Å². The van der Waals surface area contributed by atoms with Crippen LogP contribution in [-0.4, -0.2) is 100 Å². The topological polar surface area (TPSA) is 121 Å². The largest absolute Gasteiger partial charge is 0.493 e. The summed E-state index contributed by atoms with van der Waals surface area (Å²) in [5.74, 6) is 0.904. The van der Waals surface area contributed by atoms with E-state index in [0.717, 1.165) is 11.1 Å². The van der Waals surface area contributed by atoms with Crippen LogP contribution in [0.1, 0.15) is 65.7 Å². The molecule has 7 bridgehead atoms. The van der Waals surface area contributed by atoms with Gasteiger partial charge in [-0.3, -0.25) is 14.6 Å². The van der Waals surface area contributed by atoms with E-state index >= 15 is 4.39 Å². The first kappa shape index (κ1) is 34.9. The summed E-state index contributed by atoms with van der Waals surface area (Å²) < 4.78 is 42.1. The van der Waals surface area contributed by atoms with Crippen molar-refractivity contribution in [1.82, 2.24) is 14.5 Å². The van der Waals surface area contributed by atoms with Crippen LogP contribution >= 0.6 is 0 Å². The number of benzene rings is 2. The molecule has 2 aromatic carbocycles. The lowest BCUT2D eigenvalue weighted by Crippen LogP contribution is -2.49. The van der Waals surface area contributed by atoms with Crippen LogP contribution in [0.15, 0.2) is 53.5 Å². The van der Waals surface area contributed by atoms with Gasteiger partial charge in [0.2, 0.25) is 0 Å². The van der Waals surface area contributed by atoms with Gasteiger partial charge in [0.1, 0.15) is 22.8 Å². The van der Waals surface area contributed by atoms with Gasteiger partial charge in [0.25, 0.3) is 11.8 Å². The van der Waals surface area contributed by atoms with Crippen LogP contribution in [-0.2, 0) is 32.6 Å². The molecule has 5 aliphatic heterocycles. The Morgan fingerprint density at radius 2 is 1.85 bits per heavy atom. The third kappa shape index (κ3) is 8.53. The maximum Gasteiger partial charge on any atom is 0.254 e. The van der Waals surface area contributed by atoms with Gasteiger partial charge in [-0.05, 0) is 93.5 Å². The maximum absolute atomic E-state index is 15.1. The molecule has 7 rings (SSSR count). The van der Waals surface area contributed by atoms with Crippen LogP contribution in [0.5, 0.6) is 5.75 Å². The van der Waals surface area contributed by atoms with Gasteiger partial charge in [0.05, 0.1) is 37.4 Å². The maximum atomic E-state index is 15.1. The molecular formula is C35H45FN4O6S. The Morgan fingerprint density at radius 3 is 2.57 bits per heavy atom. The lowest BCUT2D eigenvalue weighted by Gasteiger charge is -2.34. The monoisotopic (exact) mass is 668 g/mol. The standard InChI is InChI=1S/C35H45FN4O6S/c1-25-21-27-8-7-26(25)9-20-47(44)40-12-10-35(11-13-40)33(43)37-31(38-35)28-22-29(34(2,3)36)24-30(23-28)46-18-6-4-5-17-45-19-15-39(14-16-41)32(27)42/h4-5,7-8,21-24,41H,6,9-20H2,1-3H3,(H,37,38,43)/b5-4+. The number of rotatable bonds is 3. The van der Waals surface area contributed by atoms with Gasteiger partial charge in [0, 0.05) is 43.1 Å². The fraction of sp³-hybridized carbons (Fsp3) is 0.514. The second kappa shape index (κ2) is 15.2. The van der Waals surface area contributed by atoms with Gasteiger partial charge in [-0.25, -0.2) is 12.9 Å². The third-order valence-corrected chi connectivity index (χ3v) is 10.4. The molecule has 0 aliphatic carbocycles. The molecule has 2 aromatic rings. The summed E-state index contributed by atoms with van der Waals surface area (Å²) in [5.41, 5.74) is 0.870. The first-order chi connectivity index (χ1) is 22.5. The van der Waals surface area contributed by atoms with E-state index < -0.39 is 22.2 Å². The summed E-state index contributed by atoms with van der Waals surface area (Å²) in [6.07, 6.45) is 5.81. The highest BCUT2D eigenvalue weighted by Gasteiger charge is 2.46. The lowest BCUT2D eigenvalue weighted by molar-refractivity contribution is -0.124. The fourth-order valence-corrected chi connectivity index (χ4v) is 7.27. The number of aryl methyl sites for hydroxylation is 2. The number of halogens is 1. The highest BCUT2D eigenvalue weighted by molar-refractivity contribution is 7.82. The molecule has 254 valence electrons. The number of fused-ring (bicyclic) bond motifs is 2. The predicted molar refractivity (Wildman–Crippen MR) is 180 cm³/mol. The molecule has 2 amide bonds. The Balaban J connectivity index is 1.37. The number of hydrogen-bond donors (Lipinski definition) is 2. The number of aliphatic imine (C=N–C) groups is 1. The molecule has 5 heterocycles. The number of nitrogens with one attached hydrogen (secondary N) is 1. The fourth-order valence-electron chi connectivity index (χ4n) is 6.03. The average Bonchev–Trinajstić information content (AvgIpc) is 3.36. The number of aliphatic hydroxyl groups excluding tert-OH is 1. The van der Waals surface area contributed by atoms with Crippen molar-refractivity contribution in [2.45, 2.75) is 57.7 Å². The second-order valence-corrected chi connectivity index (χ2v) is 14.3. The molecule has 10 nitrogen and oxygen atoms in total. The van der Waals surface area contributed by atoms with E-state index in [4.69, 9.17) is 14.5 Å². The van der Waals surface area contributed by atoms with Crippen LogP contribution in [0.3, 0.4) is 0 Å². The number of alkyl halides is 1. The van der Waals surface area contributed by atoms with Crippen LogP contribution in [0.25, 0.3) is 0 Å². The molecule has 1 atom stereocenters. The Bertz CT molecular complexity index is 1550. The van der Waals surface area contributed by atoms with E-state index in [1.165, 1.54) is 13.8 Å². The number of amides is 2. The number of piperidine rings is 1. The molecule has 1 spiro atoms. The summed E-state index contributed by atoms with van der Waals surface area (Å²) in [6.45, 7) is 7.18. The zero-order valence-corrected chi connectivity index (χ0v) is 28.2. The van der Waals surface area contributed by atoms with Gasteiger partial charge in [-0.2, -0.15) is 0 Å². The molecular weight excluding hydrogens is 623 g/mol. The minimum absolute atomic E-state index is 0.155. The molecule has 5 aliphatic rings. The summed E-state index contributed by atoms with van der Waals surface area (Å²) in [6, 6.07) is 10.7. The van der Waals surface area contributed by atoms with Crippen molar-refractivity contribution in [3.8, 4) is 5.75 Å². The summed E-state index contributed by atoms with van der Waals surface area (Å²) in [5, 5.41) is 12.5. The van der Waals surface area contributed by atoms with Crippen LogP contribution < -0.4 is 10.1 Å². The molecule has 0 saturated carbocycles. The Hall–Kier alpha value is -3.45. The molecule has 0 aromatic heterocycles. The quantitative estimate of drug-likeness (QED) is 0.483. The highest BCUT2D eigenvalue weighted by Crippen LogP contribution is 2.34. The highest BCUT2D eigenvalue weighted by atomic mass is 32.2. The first-order valence-corrected chi connectivity index (χ1v) is 17.5. The molecule has 47 heavy (non-hydrogen) atoms. The SMILES string of the molecule is Cc1cc2ccc1CCS(=O)N1CCC3(CC1)N=C(NC3=O)c1cc(cc(C(C)(C)F)c1)OCC/C=C/COCCN(CCO)C2=O. The van der Waals surface area contributed by atoms with Crippen molar-refractivity contribution in [1.29, 1.82) is 0 Å². The van der Waals surface area contributed by atoms with Crippen LogP contribution in [0.2, 0.25) is 0 Å². The van der Waals surface area contributed by atoms with Crippen molar-refractivity contribution in [2.24, 2.45) is 4.99 Å². The van der Waals surface area contributed by atoms with Crippen molar-refractivity contribution in [3.63, 3.8) is 0 Å². The molecule has 1 saturated heterocycles. The van der Waals surface area contributed by atoms with Crippen LogP contribution in [0.4, 0.5) is 4.39 Å². The molecule has 12 heteroatoms. The van der Waals surface area contributed by atoms with E-state index in [1.54, 1.807) is 29.2 Å². The minimum Gasteiger partial charge on any atom is -0.493 e. The Morgan fingerprint density at radius 1 is 1.06 bits per heavy atom. The van der Waals surface area contributed by atoms with Gasteiger partial charge in [0.15, 0.2) is 0 Å². The smallest absolute Gasteiger partial charge is 0.254 e. The number of carbonyl (C=O) groups excluding carboxylic acids is 2. The van der Waals surface area contributed by atoms with Crippen molar-refractivity contribution in [3.05, 3.63) is 76.4 Å². The normalized spacial score (nSPS) is 25.6. The van der Waals surface area contributed by atoms with E-state index in [2.05, 4.69) is 5.32 Å². The molecule has 1 unspecified atom stereocenters. The molecule has 2 N–H and O–H groups in total. The summed E-state index contributed by atoms with van der Waals surface area (Å²) in [7, 11) is -1.26. The summed E-state index contributed by atoms with van der Waals surface area (Å²) in [4.78, 5) is 33.0. The number of nitrogens with zero attached hydrogens (tertiary/aromatic N) is 3. The van der Waals surface area contributed by atoms with Crippen LogP contribution in [0, 0.1) is 6.92 Å². The number of ether oxygens (including phenoxy) is 2. The lowest BCUT2D eigenvalue weighted by atomic mass is 9.89. The van der Waals surface area contributed by atoms with E-state index in [-0.39, 0.29) is 25.0 Å². The van der Waals surface area contributed by atoms with Crippen molar-refractivity contribution < 1.29 is 32.8 Å². The van der Waals surface area contributed by atoms with Gasteiger partial charge < -0.3 is 24.8 Å². The zero-order valence-electron chi connectivity index (χ0n) is 27.4. The van der Waals surface area contributed by atoms with Crippen molar-refractivity contribution >= 4 is 28.6 Å². The number of hydrogen-bond acceptors (Lipinski definition) is 7. The number of amidine groups is 1. The molecule has 1 fully saturated rings. The average molecular weight is 669 g/mol. The second-order valence-electron chi connectivity index (χ2n) is 12.7. The van der Waals surface area contributed by atoms with Gasteiger partial charge in [-0.15, -0.1) is 0 Å². The molecule has 0 radical (unpaired) electrons. The minimum atomic E-state index is -1.64. The number of aliphatic hydroxyl groups is 1. The number of carbonyl (C=O) groups is 2. The zero-order chi connectivity index (χ0) is 33.6. The predicted octanol–water partition coefficient (Wildman–Crippen LogP) is 3.61. The van der Waals surface area contributed by atoms with E-state index in [9.17, 15) is 18.9 Å². The van der Waals surface area contributed by atoms with E-state index in [1.807, 2.05) is 35.5 Å².